The van der Waals surface area contributed by atoms with Crippen molar-refractivity contribution in [3.8, 4) is 0 Å². The molecule has 0 spiro atoms. The van der Waals surface area contributed by atoms with Crippen molar-refractivity contribution in [3.05, 3.63) is 0 Å². The lowest BCUT2D eigenvalue weighted by atomic mass is 10.8. The van der Waals surface area contributed by atoms with Crippen LogP contribution in [0.2, 0.25) is 0 Å². The molecule has 8 heavy (non-hydrogen) atoms. The third-order valence-electron chi connectivity index (χ3n) is 0.711. The molecule has 0 unspecified atom stereocenters. The fourth-order valence-electron chi connectivity index (χ4n) is 0.441. The molecule has 0 radical (unpaired) electrons. The monoisotopic (exact) mass is 152 g/mol. The second-order valence-electron chi connectivity index (χ2n) is 1.31. The summed E-state index contributed by atoms with van der Waals surface area (Å²) in [6, 6.07) is 0. The number of rotatable bonds is 2. The maximum Gasteiger partial charge on any atom is 0.238 e. The maximum absolute atomic E-state index is 5.20. The molecule has 4 heteroatoms. The Balaban J connectivity index is 2.06. The Morgan fingerprint density at radius 3 is 2.62 bits per heavy atom. The van der Waals surface area contributed by atoms with Crippen molar-refractivity contribution in [1.82, 2.24) is 0 Å². The van der Waals surface area contributed by atoms with Crippen LogP contribution in [0, 0.1) is 0 Å². The molecule has 1 heterocycles. The van der Waals surface area contributed by atoms with E-state index in [1.165, 1.54) is 0 Å². The fourth-order valence-corrected chi connectivity index (χ4v) is 2.85. The van der Waals surface area contributed by atoms with E-state index in [4.69, 9.17) is 9.05 Å². The second kappa shape index (κ2) is 3.67. The molecular weight excluding hydrogens is 143 g/mol. The van der Waals surface area contributed by atoms with Gasteiger partial charge in [-0.05, 0) is 5.75 Å². The Bertz CT molecular complexity index is 65.1. The average Bonchev–Trinajstić information content (AvgIpc) is 2.19. The fraction of sp³-hybridized carbons (Fsp3) is 1.00. The van der Waals surface area contributed by atoms with Crippen molar-refractivity contribution in [1.29, 1.82) is 0 Å². The van der Waals surface area contributed by atoms with E-state index in [-0.39, 0.29) is 0 Å². The number of hydrogen-bond donors (Lipinski definition) is 0. The van der Waals surface area contributed by atoms with Crippen molar-refractivity contribution in [2.75, 3.05) is 19.0 Å². The molecule has 0 N–H and O–H groups in total. The zero-order valence-corrected chi connectivity index (χ0v) is 6.50. The van der Waals surface area contributed by atoms with E-state index in [1.807, 2.05) is 0 Å². The van der Waals surface area contributed by atoms with Gasteiger partial charge in [0.2, 0.25) is 7.58 Å². The van der Waals surface area contributed by atoms with Crippen LogP contribution in [0.3, 0.4) is 0 Å². The summed E-state index contributed by atoms with van der Waals surface area (Å²) in [5, 5.41) is 0. The van der Waals surface area contributed by atoms with Crippen LogP contribution in [0.15, 0.2) is 0 Å². The predicted octanol–water partition coefficient (Wildman–Crippen LogP) is 2.01. The summed E-state index contributed by atoms with van der Waals surface area (Å²) in [4.78, 5) is 0. The van der Waals surface area contributed by atoms with Gasteiger partial charge in [0.05, 0.1) is 13.2 Å². The first kappa shape index (κ1) is 6.81. The van der Waals surface area contributed by atoms with Crippen LogP contribution in [-0.2, 0) is 9.05 Å². The Labute approximate surface area is 54.6 Å². The highest BCUT2D eigenvalue weighted by Crippen LogP contribution is 2.54. The first-order valence-corrected chi connectivity index (χ1v) is 5.39. The molecule has 1 aliphatic heterocycles. The van der Waals surface area contributed by atoms with E-state index in [1.54, 1.807) is 11.4 Å². The van der Waals surface area contributed by atoms with E-state index in [2.05, 4.69) is 6.92 Å². The molecule has 0 atom stereocenters. The van der Waals surface area contributed by atoms with Crippen molar-refractivity contribution >= 4 is 19.0 Å². The zero-order valence-electron chi connectivity index (χ0n) is 4.79. The van der Waals surface area contributed by atoms with Gasteiger partial charge in [0.25, 0.3) is 0 Å². The Kier molecular flexibility index (Phi) is 3.13. The van der Waals surface area contributed by atoms with Crippen molar-refractivity contribution in [3.63, 3.8) is 0 Å². The predicted molar refractivity (Wildman–Crippen MR) is 37.0 cm³/mol. The topological polar surface area (TPSA) is 18.5 Å². The van der Waals surface area contributed by atoms with Crippen LogP contribution in [0.5, 0.6) is 0 Å². The third-order valence-corrected chi connectivity index (χ3v) is 4.01. The first-order chi connectivity index (χ1) is 3.93. The first-order valence-electron chi connectivity index (χ1n) is 2.62. The van der Waals surface area contributed by atoms with Gasteiger partial charge in [-0.3, -0.25) is 0 Å². The molecule has 0 aromatic carbocycles. The van der Waals surface area contributed by atoms with Gasteiger partial charge in [0, 0.05) is 0 Å². The SMILES string of the molecule is CCSP1OCCO1. The summed E-state index contributed by atoms with van der Waals surface area (Å²) >= 11 is 1.76. The Morgan fingerprint density at radius 1 is 1.50 bits per heavy atom. The highest BCUT2D eigenvalue weighted by atomic mass is 32.7. The van der Waals surface area contributed by atoms with Crippen LogP contribution in [0.1, 0.15) is 6.92 Å². The molecule has 0 aliphatic carbocycles. The summed E-state index contributed by atoms with van der Waals surface area (Å²) in [6.45, 7) is 3.69. The Hall–Kier alpha value is 0.700. The molecule has 0 aromatic rings. The summed E-state index contributed by atoms with van der Waals surface area (Å²) in [5.74, 6) is 1.09. The van der Waals surface area contributed by atoms with Gasteiger partial charge >= 0.3 is 0 Å². The minimum atomic E-state index is -0.529. The molecular formula is C4H9O2PS. The van der Waals surface area contributed by atoms with Crippen LogP contribution < -0.4 is 0 Å². The molecule has 1 rings (SSSR count). The lowest BCUT2D eigenvalue weighted by Gasteiger charge is -2.01. The molecule has 1 aliphatic rings. The van der Waals surface area contributed by atoms with E-state index >= 15 is 0 Å². The molecule has 2 nitrogen and oxygen atoms in total. The van der Waals surface area contributed by atoms with Gasteiger partial charge in [-0.15, -0.1) is 0 Å². The largest absolute Gasteiger partial charge is 0.324 e. The summed E-state index contributed by atoms with van der Waals surface area (Å²) < 4.78 is 10.4. The van der Waals surface area contributed by atoms with Crippen LogP contribution >= 0.6 is 19.0 Å². The minimum absolute atomic E-state index is 0.529. The van der Waals surface area contributed by atoms with Crippen LogP contribution in [0.4, 0.5) is 0 Å². The quantitative estimate of drug-likeness (QED) is 0.564. The van der Waals surface area contributed by atoms with E-state index in [0.717, 1.165) is 19.0 Å². The van der Waals surface area contributed by atoms with Gasteiger partial charge in [-0.1, -0.05) is 18.3 Å². The van der Waals surface area contributed by atoms with Gasteiger partial charge in [0.15, 0.2) is 0 Å². The molecule has 1 fully saturated rings. The van der Waals surface area contributed by atoms with Gasteiger partial charge in [0.1, 0.15) is 0 Å². The zero-order chi connectivity index (χ0) is 5.82. The third kappa shape index (κ3) is 1.90. The normalized spacial score (nSPS) is 22.1. The molecule has 1 saturated heterocycles. The average molecular weight is 152 g/mol. The van der Waals surface area contributed by atoms with Gasteiger partial charge in [-0.25, -0.2) is 0 Å². The lowest BCUT2D eigenvalue weighted by Crippen LogP contribution is -1.79. The minimum Gasteiger partial charge on any atom is -0.324 e. The van der Waals surface area contributed by atoms with Crippen molar-refractivity contribution in [2.45, 2.75) is 6.92 Å². The van der Waals surface area contributed by atoms with E-state index < -0.39 is 7.58 Å². The van der Waals surface area contributed by atoms with Crippen LogP contribution in [-0.4, -0.2) is 19.0 Å². The highest BCUT2D eigenvalue weighted by Gasteiger charge is 2.15. The standard InChI is InChI=1S/C4H9O2PS/c1-2-8-7-5-3-4-6-7/h2-4H2,1H3. The molecule has 0 bridgehead atoms. The summed E-state index contributed by atoms with van der Waals surface area (Å²) in [7, 11) is -0.529. The van der Waals surface area contributed by atoms with Gasteiger partial charge in [-0.2, -0.15) is 0 Å². The molecule has 48 valence electrons. The van der Waals surface area contributed by atoms with Gasteiger partial charge < -0.3 is 9.05 Å². The summed E-state index contributed by atoms with van der Waals surface area (Å²) in [5.41, 5.74) is 0. The second-order valence-corrected chi connectivity index (χ2v) is 4.78. The molecule has 0 saturated carbocycles. The van der Waals surface area contributed by atoms with E-state index in [0.29, 0.717) is 0 Å². The maximum atomic E-state index is 5.20. The summed E-state index contributed by atoms with van der Waals surface area (Å²) in [6.07, 6.45) is 0. The molecule has 0 amide bonds. The van der Waals surface area contributed by atoms with E-state index in [9.17, 15) is 0 Å². The van der Waals surface area contributed by atoms with Crippen molar-refractivity contribution in [2.24, 2.45) is 0 Å². The lowest BCUT2D eigenvalue weighted by molar-refractivity contribution is 0.365. The Morgan fingerprint density at radius 2 is 2.12 bits per heavy atom. The molecule has 0 aromatic heterocycles. The smallest absolute Gasteiger partial charge is 0.238 e. The van der Waals surface area contributed by atoms with Crippen LogP contribution in [0.25, 0.3) is 0 Å². The number of hydrogen-bond acceptors (Lipinski definition) is 3. The van der Waals surface area contributed by atoms with Crippen molar-refractivity contribution < 1.29 is 9.05 Å². The highest BCUT2D eigenvalue weighted by molar-refractivity contribution is 8.52.